The summed E-state index contributed by atoms with van der Waals surface area (Å²) >= 11 is 1.36. The molecule has 0 unspecified atom stereocenters. The average Bonchev–Trinajstić information content (AvgIpc) is 3.15. The predicted molar refractivity (Wildman–Crippen MR) is 111 cm³/mol. The molecule has 4 rings (SSSR count). The maximum absolute atomic E-state index is 12.5. The molecular formula is C21H14F3N5OS. The van der Waals surface area contributed by atoms with E-state index in [4.69, 9.17) is 15.7 Å². The number of nitrogens with zero attached hydrogens (tertiary/aromatic N) is 4. The van der Waals surface area contributed by atoms with Gasteiger partial charge in [0, 0.05) is 28.6 Å². The van der Waals surface area contributed by atoms with Crippen LogP contribution in [-0.2, 0) is 6.42 Å². The topological polar surface area (TPSA) is 97.7 Å². The van der Waals surface area contributed by atoms with Crippen LogP contribution in [0.5, 0.6) is 5.88 Å². The zero-order valence-corrected chi connectivity index (χ0v) is 16.7. The first-order valence-corrected chi connectivity index (χ1v) is 9.84. The summed E-state index contributed by atoms with van der Waals surface area (Å²) in [6.07, 6.45) is -2.76. The Morgan fingerprint density at radius 1 is 1.13 bits per heavy atom. The highest BCUT2D eigenvalue weighted by atomic mass is 32.1. The minimum Gasteiger partial charge on any atom is -0.468 e. The van der Waals surface area contributed by atoms with Crippen molar-refractivity contribution in [2.45, 2.75) is 12.6 Å². The number of thiophene rings is 1. The third kappa shape index (κ3) is 4.73. The largest absolute Gasteiger partial charge is 0.468 e. The molecule has 6 nitrogen and oxygen atoms in total. The molecule has 0 bridgehead atoms. The molecule has 3 aromatic heterocycles. The standard InChI is InChI=1S/C21H14F3N5OS/c22-21(23,24)11-30-19-14(5-2-6-27-19)8-15-9-16-17(26)28-18(29-20(16)31-15)13-4-1-3-12(7-13)10-25/h1-7,9H,8,11H2,(H2,26,28,29). The van der Waals surface area contributed by atoms with Crippen LogP contribution in [0.4, 0.5) is 19.0 Å². The van der Waals surface area contributed by atoms with Crippen molar-refractivity contribution in [3.05, 3.63) is 64.7 Å². The number of nitriles is 1. The van der Waals surface area contributed by atoms with Crippen molar-refractivity contribution in [1.29, 1.82) is 5.26 Å². The molecule has 2 N–H and O–H groups in total. The van der Waals surface area contributed by atoms with Gasteiger partial charge in [-0.2, -0.15) is 18.4 Å². The van der Waals surface area contributed by atoms with Crippen LogP contribution in [0.15, 0.2) is 48.7 Å². The molecule has 156 valence electrons. The maximum atomic E-state index is 12.5. The monoisotopic (exact) mass is 441 g/mol. The first kappa shape index (κ1) is 20.6. The van der Waals surface area contributed by atoms with Crippen LogP contribution in [0, 0.1) is 11.3 Å². The Kier molecular flexibility index (Phi) is 5.44. The number of anilines is 1. The van der Waals surface area contributed by atoms with Gasteiger partial charge in [0.15, 0.2) is 12.4 Å². The van der Waals surface area contributed by atoms with Crippen molar-refractivity contribution in [2.75, 3.05) is 12.3 Å². The number of hydrogen-bond acceptors (Lipinski definition) is 7. The Bertz CT molecular complexity index is 1300. The lowest BCUT2D eigenvalue weighted by molar-refractivity contribution is -0.154. The molecule has 1 aromatic carbocycles. The highest BCUT2D eigenvalue weighted by Crippen LogP contribution is 2.32. The van der Waals surface area contributed by atoms with E-state index in [1.807, 2.05) is 6.07 Å². The molecule has 0 aliphatic carbocycles. The van der Waals surface area contributed by atoms with Gasteiger partial charge in [-0.1, -0.05) is 18.2 Å². The van der Waals surface area contributed by atoms with E-state index in [2.05, 4.69) is 21.0 Å². The first-order chi connectivity index (χ1) is 14.8. The van der Waals surface area contributed by atoms with E-state index >= 15 is 0 Å². The molecule has 10 heteroatoms. The van der Waals surface area contributed by atoms with Gasteiger partial charge >= 0.3 is 6.18 Å². The van der Waals surface area contributed by atoms with Crippen molar-refractivity contribution >= 4 is 27.4 Å². The van der Waals surface area contributed by atoms with Crippen LogP contribution in [-0.4, -0.2) is 27.7 Å². The maximum Gasteiger partial charge on any atom is 0.422 e. The number of ether oxygens (including phenoxy) is 1. The van der Waals surface area contributed by atoms with Gasteiger partial charge in [0.05, 0.1) is 17.0 Å². The number of rotatable bonds is 5. The summed E-state index contributed by atoms with van der Waals surface area (Å²) < 4.78 is 42.4. The fourth-order valence-electron chi connectivity index (χ4n) is 2.96. The molecule has 0 aliphatic rings. The minimum absolute atomic E-state index is 0.0645. The fourth-order valence-corrected chi connectivity index (χ4v) is 4.02. The molecule has 4 aromatic rings. The van der Waals surface area contributed by atoms with Gasteiger partial charge in [-0.05, 0) is 24.3 Å². The molecular weight excluding hydrogens is 427 g/mol. The van der Waals surface area contributed by atoms with Crippen LogP contribution in [0.25, 0.3) is 21.6 Å². The second kappa shape index (κ2) is 8.20. The number of halogens is 3. The third-order valence-electron chi connectivity index (χ3n) is 4.31. The van der Waals surface area contributed by atoms with Gasteiger partial charge in [0.2, 0.25) is 5.88 Å². The van der Waals surface area contributed by atoms with E-state index < -0.39 is 12.8 Å². The number of nitrogens with two attached hydrogens (primary N) is 1. The molecule has 0 saturated carbocycles. The highest BCUT2D eigenvalue weighted by molar-refractivity contribution is 7.18. The van der Waals surface area contributed by atoms with Gasteiger partial charge in [-0.25, -0.2) is 15.0 Å². The van der Waals surface area contributed by atoms with Crippen molar-refractivity contribution in [3.8, 4) is 23.3 Å². The zero-order chi connectivity index (χ0) is 22.0. The lowest BCUT2D eigenvalue weighted by atomic mass is 10.1. The van der Waals surface area contributed by atoms with Crippen LogP contribution < -0.4 is 10.5 Å². The minimum atomic E-state index is -4.45. The molecule has 0 spiro atoms. The van der Waals surface area contributed by atoms with E-state index in [1.165, 1.54) is 17.5 Å². The molecule has 3 heterocycles. The smallest absolute Gasteiger partial charge is 0.422 e. The summed E-state index contributed by atoms with van der Waals surface area (Å²) in [6.45, 7) is -1.41. The van der Waals surface area contributed by atoms with Crippen LogP contribution >= 0.6 is 11.3 Å². The van der Waals surface area contributed by atoms with Crippen molar-refractivity contribution in [2.24, 2.45) is 0 Å². The summed E-state index contributed by atoms with van der Waals surface area (Å²) in [4.78, 5) is 14.3. The van der Waals surface area contributed by atoms with Crippen molar-refractivity contribution in [3.63, 3.8) is 0 Å². The number of benzene rings is 1. The quantitative estimate of drug-likeness (QED) is 0.480. The van der Waals surface area contributed by atoms with Crippen molar-refractivity contribution < 1.29 is 17.9 Å². The molecule has 0 fully saturated rings. The van der Waals surface area contributed by atoms with E-state index in [1.54, 1.807) is 36.4 Å². The molecule has 0 aliphatic heterocycles. The first-order valence-electron chi connectivity index (χ1n) is 9.02. The SMILES string of the molecule is N#Cc1cccc(-c2nc(N)c3cc(Cc4cccnc4OCC(F)(F)F)sc3n2)c1. The average molecular weight is 441 g/mol. The zero-order valence-electron chi connectivity index (χ0n) is 15.8. The fraction of sp³-hybridized carbons (Fsp3) is 0.143. The Morgan fingerprint density at radius 3 is 2.74 bits per heavy atom. The van der Waals surface area contributed by atoms with Crippen molar-refractivity contribution in [1.82, 2.24) is 15.0 Å². The number of pyridine rings is 1. The Balaban J connectivity index is 1.65. The Hall–Kier alpha value is -3.71. The summed E-state index contributed by atoms with van der Waals surface area (Å²) in [7, 11) is 0. The number of aromatic nitrogens is 3. The van der Waals surface area contributed by atoms with Crippen LogP contribution in [0.1, 0.15) is 16.0 Å². The van der Waals surface area contributed by atoms with Crippen LogP contribution in [0.3, 0.4) is 0 Å². The molecule has 0 radical (unpaired) electrons. The van der Waals surface area contributed by atoms with Gasteiger partial charge < -0.3 is 10.5 Å². The second-order valence-electron chi connectivity index (χ2n) is 6.60. The molecule has 0 saturated heterocycles. The molecule has 0 atom stereocenters. The molecule has 0 amide bonds. The van der Waals surface area contributed by atoms with Gasteiger partial charge in [0.25, 0.3) is 0 Å². The van der Waals surface area contributed by atoms with Gasteiger partial charge in [-0.15, -0.1) is 11.3 Å². The Morgan fingerprint density at radius 2 is 1.97 bits per heavy atom. The van der Waals surface area contributed by atoms with E-state index in [9.17, 15) is 13.2 Å². The van der Waals surface area contributed by atoms with Gasteiger partial charge in [-0.3, -0.25) is 0 Å². The number of alkyl halides is 3. The highest BCUT2D eigenvalue weighted by Gasteiger charge is 2.29. The summed E-state index contributed by atoms with van der Waals surface area (Å²) in [6, 6.07) is 14.1. The number of fused-ring (bicyclic) bond motifs is 1. The van der Waals surface area contributed by atoms with E-state index in [0.717, 1.165) is 4.88 Å². The number of nitrogen functional groups attached to an aromatic ring is 1. The predicted octanol–water partition coefficient (Wildman–Crippen LogP) is 4.74. The summed E-state index contributed by atoms with van der Waals surface area (Å²) in [5, 5.41) is 9.75. The normalized spacial score (nSPS) is 11.4. The van der Waals surface area contributed by atoms with E-state index in [-0.39, 0.29) is 11.7 Å². The molecule has 31 heavy (non-hydrogen) atoms. The third-order valence-corrected chi connectivity index (χ3v) is 5.34. The van der Waals surface area contributed by atoms with Crippen LogP contribution in [0.2, 0.25) is 0 Å². The summed E-state index contributed by atoms with van der Waals surface area (Å²) in [5.41, 5.74) is 7.79. The number of hydrogen-bond donors (Lipinski definition) is 1. The Labute approximate surface area is 178 Å². The second-order valence-corrected chi connectivity index (χ2v) is 7.72. The summed E-state index contributed by atoms with van der Waals surface area (Å²) in [5.74, 6) is 0.612. The lowest BCUT2D eigenvalue weighted by Gasteiger charge is -2.11. The lowest BCUT2D eigenvalue weighted by Crippen LogP contribution is -2.20. The van der Waals surface area contributed by atoms with Gasteiger partial charge in [0.1, 0.15) is 10.6 Å². The van der Waals surface area contributed by atoms with E-state index in [0.29, 0.717) is 39.2 Å².